The van der Waals surface area contributed by atoms with Gasteiger partial charge in [-0.3, -0.25) is 9.48 Å². The molecular weight excluding hydrogens is 226 g/mol. The molecule has 0 bridgehead atoms. The molecule has 2 rings (SSSR count). The Kier molecular flexibility index (Phi) is 4.42. The first kappa shape index (κ1) is 13.9. The van der Waals surface area contributed by atoms with E-state index in [1.807, 2.05) is 49.0 Å². The van der Waals surface area contributed by atoms with Gasteiger partial charge in [0, 0.05) is 37.1 Å². The van der Waals surface area contributed by atoms with Crippen LogP contribution in [0.25, 0.3) is 5.69 Å². The second-order valence-corrected chi connectivity index (χ2v) is 3.69. The van der Waals surface area contributed by atoms with E-state index in [1.165, 1.54) is 0 Å². The zero-order chi connectivity index (χ0) is 11.7. The van der Waals surface area contributed by atoms with E-state index >= 15 is 0 Å². The normalized spacial score (nSPS) is 9.82. The summed E-state index contributed by atoms with van der Waals surface area (Å²) < 4.78 is 3.50. The minimum Gasteiger partial charge on any atom is -0.382 e. The molecule has 0 aliphatic rings. The van der Waals surface area contributed by atoms with Crippen LogP contribution < -0.4 is 10.9 Å². The number of rotatable bonds is 2. The van der Waals surface area contributed by atoms with Crippen molar-refractivity contribution in [3.63, 3.8) is 0 Å². The first-order valence-corrected chi connectivity index (χ1v) is 5.18. The van der Waals surface area contributed by atoms with Crippen molar-refractivity contribution < 1.29 is 0 Å². The number of benzene rings is 1. The number of hydrogen-bond donors (Lipinski definition) is 1. The topological polar surface area (TPSA) is 39.0 Å². The van der Waals surface area contributed by atoms with Crippen LogP contribution in [0.1, 0.15) is 5.69 Å². The molecule has 17 heavy (non-hydrogen) atoms. The van der Waals surface area contributed by atoms with Crippen LogP contribution in [0.15, 0.2) is 35.1 Å². The SMILES string of the molecule is CNc1c(C)n(C)n(-c2ccccc2)c1=O.[Mg]. The van der Waals surface area contributed by atoms with E-state index in [2.05, 4.69) is 5.32 Å². The summed E-state index contributed by atoms with van der Waals surface area (Å²) in [6, 6.07) is 9.61. The highest BCUT2D eigenvalue weighted by Crippen LogP contribution is 2.12. The third kappa shape index (κ3) is 2.25. The van der Waals surface area contributed by atoms with Crippen molar-refractivity contribution in [3.05, 3.63) is 46.4 Å². The van der Waals surface area contributed by atoms with Crippen molar-refractivity contribution in [3.8, 4) is 5.69 Å². The van der Waals surface area contributed by atoms with Crippen LogP contribution in [0.5, 0.6) is 0 Å². The van der Waals surface area contributed by atoms with Crippen molar-refractivity contribution in [2.24, 2.45) is 7.05 Å². The van der Waals surface area contributed by atoms with E-state index in [-0.39, 0.29) is 28.6 Å². The van der Waals surface area contributed by atoms with Gasteiger partial charge in [-0.2, -0.15) is 0 Å². The van der Waals surface area contributed by atoms with Crippen molar-refractivity contribution >= 4 is 28.7 Å². The van der Waals surface area contributed by atoms with Gasteiger partial charge >= 0.3 is 0 Å². The molecule has 2 radical (unpaired) electrons. The molecule has 0 aliphatic carbocycles. The fourth-order valence-electron chi connectivity index (χ4n) is 1.86. The summed E-state index contributed by atoms with van der Waals surface area (Å²) in [7, 11) is 3.64. The van der Waals surface area contributed by atoms with Gasteiger partial charge in [-0.1, -0.05) is 18.2 Å². The molecule has 0 aliphatic heterocycles. The Hall–Kier alpha value is -1.20. The lowest BCUT2D eigenvalue weighted by Crippen LogP contribution is -2.20. The van der Waals surface area contributed by atoms with Crippen LogP contribution in [-0.4, -0.2) is 39.5 Å². The lowest BCUT2D eigenvalue weighted by atomic mass is 10.3. The smallest absolute Gasteiger partial charge is 0.295 e. The van der Waals surface area contributed by atoms with Gasteiger partial charge in [0.05, 0.1) is 11.4 Å². The number of nitrogens with zero attached hydrogens (tertiary/aromatic N) is 2. The molecule has 1 aromatic heterocycles. The fourth-order valence-corrected chi connectivity index (χ4v) is 1.86. The van der Waals surface area contributed by atoms with Crippen molar-refractivity contribution in [2.45, 2.75) is 6.92 Å². The van der Waals surface area contributed by atoms with E-state index < -0.39 is 0 Å². The zero-order valence-corrected chi connectivity index (χ0v) is 11.8. The molecule has 0 spiro atoms. The summed E-state index contributed by atoms with van der Waals surface area (Å²) in [5, 5.41) is 2.94. The van der Waals surface area contributed by atoms with Crippen LogP contribution in [-0.2, 0) is 7.05 Å². The second-order valence-electron chi connectivity index (χ2n) is 3.69. The minimum absolute atomic E-state index is 0. The van der Waals surface area contributed by atoms with Gasteiger partial charge in [0.25, 0.3) is 5.56 Å². The molecule has 0 saturated heterocycles. The Morgan fingerprint density at radius 2 is 1.76 bits per heavy atom. The molecule has 1 N–H and O–H groups in total. The highest BCUT2D eigenvalue weighted by atomic mass is 24.3. The number of hydrogen-bond acceptors (Lipinski definition) is 2. The van der Waals surface area contributed by atoms with E-state index in [0.717, 1.165) is 11.4 Å². The Morgan fingerprint density at radius 1 is 1.18 bits per heavy atom. The summed E-state index contributed by atoms with van der Waals surface area (Å²) in [4.78, 5) is 12.1. The molecule has 2 aromatic rings. The number of nitrogens with one attached hydrogen (secondary N) is 1. The largest absolute Gasteiger partial charge is 0.382 e. The summed E-state index contributed by atoms with van der Waals surface area (Å²) >= 11 is 0. The monoisotopic (exact) mass is 241 g/mol. The highest BCUT2D eigenvalue weighted by molar-refractivity contribution is 5.75. The van der Waals surface area contributed by atoms with Crippen LogP contribution in [0.2, 0.25) is 0 Å². The predicted molar refractivity (Wildman–Crippen MR) is 71.0 cm³/mol. The molecule has 0 fully saturated rings. The van der Waals surface area contributed by atoms with Crippen molar-refractivity contribution in [1.29, 1.82) is 0 Å². The summed E-state index contributed by atoms with van der Waals surface area (Å²) in [5.74, 6) is 0. The molecule has 1 heterocycles. The van der Waals surface area contributed by atoms with Gasteiger partial charge in [-0.05, 0) is 19.1 Å². The van der Waals surface area contributed by atoms with E-state index in [1.54, 1.807) is 11.7 Å². The highest BCUT2D eigenvalue weighted by Gasteiger charge is 2.13. The molecular formula is C12H15MgN3O. The molecule has 4 nitrogen and oxygen atoms in total. The molecule has 5 heteroatoms. The average molecular weight is 242 g/mol. The average Bonchev–Trinajstić information content (AvgIpc) is 2.51. The van der Waals surface area contributed by atoms with Crippen LogP contribution >= 0.6 is 0 Å². The molecule has 0 atom stereocenters. The second kappa shape index (κ2) is 5.42. The minimum atomic E-state index is -0.0197. The summed E-state index contributed by atoms with van der Waals surface area (Å²) in [5.41, 5.74) is 2.43. The Labute approximate surface area is 116 Å². The van der Waals surface area contributed by atoms with Gasteiger partial charge in [0.2, 0.25) is 0 Å². The predicted octanol–water partition coefficient (Wildman–Crippen LogP) is 1.15. The first-order valence-electron chi connectivity index (χ1n) is 5.18. The van der Waals surface area contributed by atoms with Gasteiger partial charge in [0.15, 0.2) is 0 Å². The quantitative estimate of drug-likeness (QED) is 0.801. The molecule has 1 aromatic carbocycles. The Bertz CT molecular complexity index is 557. The molecule has 0 unspecified atom stereocenters. The maximum Gasteiger partial charge on any atom is 0.295 e. The van der Waals surface area contributed by atoms with Crippen LogP contribution in [0.4, 0.5) is 5.69 Å². The molecule has 86 valence electrons. The Balaban J connectivity index is 0.00000144. The van der Waals surface area contributed by atoms with Crippen LogP contribution in [0.3, 0.4) is 0 Å². The molecule has 0 saturated carbocycles. The van der Waals surface area contributed by atoms with Crippen molar-refractivity contribution in [2.75, 3.05) is 12.4 Å². The van der Waals surface area contributed by atoms with E-state index in [4.69, 9.17) is 0 Å². The maximum atomic E-state index is 12.1. The van der Waals surface area contributed by atoms with Gasteiger partial charge < -0.3 is 5.32 Å². The zero-order valence-electron chi connectivity index (χ0n) is 10.4. The number of aromatic nitrogens is 2. The third-order valence-electron chi connectivity index (χ3n) is 2.80. The molecule has 0 amide bonds. The first-order chi connectivity index (χ1) is 7.66. The van der Waals surface area contributed by atoms with E-state index in [9.17, 15) is 4.79 Å². The fraction of sp³-hybridized carbons (Fsp3) is 0.250. The number of anilines is 1. The van der Waals surface area contributed by atoms with Crippen molar-refractivity contribution in [1.82, 2.24) is 9.36 Å². The lowest BCUT2D eigenvalue weighted by Gasteiger charge is -2.07. The van der Waals surface area contributed by atoms with Gasteiger partial charge in [-0.25, -0.2) is 4.68 Å². The third-order valence-corrected chi connectivity index (χ3v) is 2.80. The summed E-state index contributed by atoms with van der Waals surface area (Å²) in [6.45, 7) is 1.92. The maximum absolute atomic E-state index is 12.1. The van der Waals surface area contributed by atoms with E-state index in [0.29, 0.717) is 5.69 Å². The van der Waals surface area contributed by atoms with Gasteiger partial charge in [0.1, 0.15) is 5.69 Å². The Morgan fingerprint density at radius 3 is 2.24 bits per heavy atom. The summed E-state index contributed by atoms with van der Waals surface area (Å²) in [6.07, 6.45) is 0. The lowest BCUT2D eigenvalue weighted by molar-refractivity contribution is 0.630. The standard InChI is InChI=1S/C12H15N3O.Mg/c1-9-11(13-2)12(16)15(14(9)3)10-7-5-4-6-8-10;/h4-8,13H,1-3H3;. The van der Waals surface area contributed by atoms with Crippen LogP contribution in [0, 0.1) is 6.92 Å². The van der Waals surface area contributed by atoms with Gasteiger partial charge in [-0.15, -0.1) is 0 Å². The number of para-hydroxylation sites is 1.